The first-order chi connectivity index (χ1) is 21.4. The van der Waals surface area contributed by atoms with Crippen molar-refractivity contribution < 1.29 is 14.3 Å². The summed E-state index contributed by atoms with van der Waals surface area (Å²) in [5.74, 6) is 1.14. The van der Waals surface area contributed by atoms with Gasteiger partial charge in [0.05, 0.1) is 12.2 Å². The van der Waals surface area contributed by atoms with E-state index in [-0.39, 0.29) is 11.8 Å². The number of hydrogen-bond donors (Lipinski definition) is 1. The SMILES string of the molecule is CC(C)(NC(=O)c1ccc2c(C3CCCCC3)c3n(c2c1)CCOc1ccccc1-3)C(=O)N1CCN(c2ccccc2)CC1. The highest BCUT2D eigenvalue weighted by Gasteiger charge is 2.36. The summed E-state index contributed by atoms with van der Waals surface area (Å²) in [5.41, 5.74) is 5.55. The van der Waals surface area contributed by atoms with Gasteiger partial charge in [-0.2, -0.15) is 0 Å². The molecule has 2 aliphatic heterocycles. The van der Waals surface area contributed by atoms with Crippen molar-refractivity contribution >= 4 is 28.4 Å². The van der Waals surface area contributed by atoms with Gasteiger partial charge >= 0.3 is 0 Å². The number of amides is 2. The molecule has 0 atom stereocenters. The molecule has 7 heteroatoms. The van der Waals surface area contributed by atoms with Gasteiger partial charge in [0.15, 0.2) is 0 Å². The van der Waals surface area contributed by atoms with Gasteiger partial charge in [-0.1, -0.05) is 55.7 Å². The van der Waals surface area contributed by atoms with Crippen molar-refractivity contribution in [2.75, 3.05) is 37.7 Å². The summed E-state index contributed by atoms with van der Waals surface area (Å²) in [6.07, 6.45) is 6.17. The average Bonchev–Trinajstić information content (AvgIpc) is 3.26. The first kappa shape index (κ1) is 28.5. The van der Waals surface area contributed by atoms with Crippen LogP contribution in [0.3, 0.4) is 0 Å². The number of nitrogens with one attached hydrogen (secondary N) is 1. The second-order valence-corrected chi connectivity index (χ2v) is 13.0. The van der Waals surface area contributed by atoms with Crippen LogP contribution in [0.2, 0.25) is 0 Å². The second-order valence-electron chi connectivity index (χ2n) is 13.0. The first-order valence-corrected chi connectivity index (χ1v) is 16.2. The molecule has 1 saturated carbocycles. The molecule has 1 saturated heterocycles. The number of anilines is 1. The highest BCUT2D eigenvalue weighted by atomic mass is 16.5. The normalized spacial score (nSPS) is 17.4. The molecular weight excluding hydrogens is 548 g/mol. The fraction of sp³-hybridized carbons (Fsp3) is 0.405. The minimum absolute atomic E-state index is 0.0514. The minimum Gasteiger partial charge on any atom is -0.491 e. The summed E-state index contributed by atoms with van der Waals surface area (Å²) in [6.45, 7) is 7.72. The summed E-state index contributed by atoms with van der Waals surface area (Å²) in [5, 5.41) is 4.31. The van der Waals surface area contributed by atoms with E-state index in [0.717, 1.165) is 36.5 Å². The minimum atomic E-state index is -1.03. The fourth-order valence-electron chi connectivity index (χ4n) is 7.49. The van der Waals surface area contributed by atoms with Crippen LogP contribution >= 0.6 is 0 Å². The predicted octanol–water partition coefficient (Wildman–Crippen LogP) is 6.61. The fourth-order valence-corrected chi connectivity index (χ4v) is 7.49. The molecule has 0 radical (unpaired) electrons. The topological polar surface area (TPSA) is 66.8 Å². The molecule has 2 amide bonds. The lowest BCUT2D eigenvalue weighted by molar-refractivity contribution is -0.137. The third-order valence-electron chi connectivity index (χ3n) is 9.74. The lowest BCUT2D eigenvalue weighted by atomic mass is 9.81. The van der Waals surface area contributed by atoms with Crippen LogP contribution in [0.25, 0.3) is 22.2 Å². The van der Waals surface area contributed by atoms with Crippen molar-refractivity contribution in [3.63, 3.8) is 0 Å². The van der Waals surface area contributed by atoms with E-state index in [0.29, 0.717) is 31.2 Å². The molecule has 228 valence electrons. The van der Waals surface area contributed by atoms with E-state index >= 15 is 0 Å². The Morgan fingerprint density at radius 2 is 1.57 bits per heavy atom. The standard InChI is InChI=1S/C37H42N4O3/c1-37(2,36(43)40-21-19-39(20-22-40)28-13-7-4-8-14-28)38-35(42)27-17-18-29-31(25-27)41-23-24-44-32-16-10-9-15-30(32)34(41)33(29)26-11-5-3-6-12-26/h4,7-10,13-18,25-26H,3,5-6,11-12,19-24H2,1-2H3,(H,38,42). The summed E-state index contributed by atoms with van der Waals surface area (Å²) < 4.78 is 8.56. The van der Waals surface area contributed by atoms with Crippen LogP contribution in [-0.4, -0.2) is 59.6 Å². The number of carbonyl (C=O) groups excluding carboxylic acids is 2. The van der Waals surface area contributed by atoms with Crippen LogP contribution in [0.4, 0.5) is 5.69 Å². The number of fused-ring (bicyclic) bond motifs is 5. The Morgan fingerprint density at radius 3 is 2.34 bits per heavy atom. The smallest absolute Gasteiger partial charge is 0.252 e. The molecule has 0 spiro atoms. The van der Waals surface area contributed by atoms with E-state index in [9.17, 15) is 9.59 Å². The van der Waals surface area contributed by atoms with E-state index < -0.39 is 5.54 Å². The number of piperazine rings is 1. The monoisotopic (exact) mass is 590 g/mol. The van der Waals surface area contributed by atoms with Gasteiger partial charge in [-0.15, -0.1) is 0 Å². The number of rotatable bonds is 5. The Balaban J connectivity index is 1.15. The van der Waals surface area contributed by atoms with Gasteiger partial charge < -0.3 is 24.4 Å². The Bertz CT molecular complexity index is 1680. The molecule has 1 aliphatic carbocycles. The number of aromatic nitrogens is 1. The molecule has 0 unspecified atom stereocenters. The van der Waals surface area contributed by atoms with E-state index in [1.807, 2.05) is 55.1 Å². The highest BCUT2D eigenvalue weighted by molar-refractivity contribution is 6.03. The van der Waals surface area contributed by atoms with Gasteiger partial charge in [-0.05, 0) is 74.6 Å². The lowest BCUT2D eigenvalue weighted by Crippen LogP contribution is -2.59. The molecule has 7 rings (SSSR count). The van der Waals surface area contributed by atoms with Gasteiger partial charge in [-0.3, -0.25) is 9.59 Å². The maximum atomic E-state index is 13.7. The molecular formula is C37H42N4O3. The number of benzene rings is 3. The number of ether oxygens (including phenoxy) is 1. The zero-order valence-electron chi connectivity index (χ0n) is 25.9. The quantitative estimate of drug-likeness (QED) is 0.284. The molecule has 1 aromatic heterocycles. The average molecular weight is 591 g/mol. The Morgan fingerprint density at radius 1 is 0.841 bits per heavy atom. The Hall–Kier alpha value is -4.26. The number of hydrogen-bond acceptors (Lipinski definition) is 4. The molecule has 1 N–H and O–H groups in total. The summed E-state index contributed by atoms with van der Waals surface area (Å²) in [6, 6.07) is 24.7. The largest absolute Gasteiger partial charge is 0.491 e. The molecule has 3 heterocycles. The van der Waals surface area contributed by atoms with E-state index in [2.05, 4.69) is 51.2 Å². The van der Waals surface area contributed by atoms with Crippen molar-refractivity contribution in [3.8, 4) is 17.0 Å². The molecule has 3 aliphatic rings. The van der Waals surface area contributed by atoms with Crippen LogP contribution in [0.1, 0.15) is 67.8 Å². The van der Waals surface area contributed by atoms with Gasteiger partial charge in [-0.25, -0.2) is 0 Å². The summed E-state index contributed by atoms with van der Waals surface area (Å²) >= 11 is 0. The van der Waals surface area contributed by atoms with Crippen molar-refractivity contribution in [2.24, 2.45) is 0 Å². The van der Waals surface area contributed by atoms with Gasteiger partial charge in [0.1, 0.15) is 17.9 Å². The zero-order chi connectivity index (χ0) is 30.3. The third-order valence-corrected chi connectivity index (χ3v) is 9.74. The maximum Gasteiger partial charge on any atom is 0.252 e. The maximum absolute atomic E-state index is 13.7. The van der Waals surface area contributed by atoms with Crippen molar-refractivity contribution in [1.82, 2.24) is 14.8 Å². The molecule has 4 aromatic rings. The number of nitrogens with zero attached hydrogens (tertiary/aromatic N) is 3. The van der Waals surface area contributed by atoms with Crippen LogP contribution in [0.5, 0.6) is 5.75 Å². The Labute approximate surface area is 259 Å². The molecule has 7 nitrogen and oxygen atoms in total. The van der Waals surface area contributed by atoms with E-state index in [1.165, 1.54) is 54.4 Å². The van der Waals surface area contributed by atoms with Crippen LogP contribution in [-0.2, 0) is 11.3 Å². The summed E-state index contributed by atoms with van der Waals surface area (Å²) in [7, 11) is 0. The van der Waals surface area contributed by atoms with Crippen LogP contribution < -0.4 is 15.0 Å². The van der Waals surface area contributed by atoms with Gasteiger partial charge in [0, 0.05) is 53.9 Å². The lowest BCUT2D eigenvalue weighted by Gasteiger charge is -2.39. The number of para-hydroxylation sites is 2. The first-order valence-electron chi connectivity index (χ1n) is 16.2. The predicted molar refractivity (Wildman–Crippen MR) is 175 cm³/mol. The second kappa shape index (κ2) is 11.7. The van der Waals surface area contributed by atoms with Gasteiger partial charge in [0.2, 0.25) is 5.91 Å². The highest BCUT2D eigenvalue weighted by Crippen LogP contribution is 2.47. The van der Waals surface area contributed by atoms with Crippen molar-refractivity contribution in [1.29, 1.82) is 0 Å². The number of carbonyl (C=O) groups is 2. The van der Waals surface area contributed by atoms with Crippen molar-refractivity contribution in [3.05, 3.63) is 83.9 Å². The van der Waals surface area contributed by atoms with E-state index in [1.54, 1.807) is 0 Å². The van der Waals surface area contributed by atoms with Gasteiger partial charge in [0.25, 0.3) is 5.91 Å². The summed E-state index contributed by atoms with van der Waals surface area (Å²) in [4.78, 5) is 31.6. The van der Waals surface area contributed by atoms with Crippen LogP contribution in [0.15, 0.2) is 72.8 Å². The van der Waals surface area contributed by atoms with Crippen molar-refractivity contribution in [2.45, 2.75) is 64.0 Å². The van der Waals surface area contributed by atoms with E-state index in [4.69, 9.17) is 4.74 Å². The molecule has 0 bridgehead atoms. The van der Waals surface area contributed by atoms with Crippen LogP contribution in [0, 0.1) is 0 Å². The molecule has 2 fully saturated rings. The zero-order valence-corrected chi connectivity index (χ0v) is 25.9. The molecule has 3 aromatic carbocycles. The third kappa shape index (κ3) is 5.23. The Kier molecular flexibility index (Phi) is 7.57. The molecule has 44 heavy (non-hydrogen) atoms.